The summed E-state index contributed by atoms with van der Waals surface area (Å²) in [6, 6.07) is 7.05. The Hall–Kier alpha value is -1.77. The van der Waals surface area contributed by atoms with E-state index in [1.807, 2.05) is 17.5 Å². The number of hydrogen-bond acceptors (Lipinski definition) is 6. The second-order valence-electron chi connectivity index (χ2n) is 4.35. The summed E-state index contributed by atoms with van der Waals surface area (Å²) < 4.78 is 31.4. The van der Waals surface area contributed by atoms with Crippen LogP contribution in [0.1, 0.15) is 11.7 Å². The van der Waals surface area contributed by atoms with Crippen molar-refractivity contribution >= 4 is 23.1 Å². The zero-order chi connectivity index (χ0) is 15.5. The molecule has 22 heavy (non-hydrogen) atoms. The maximum atomic E-state index is 13.1. The summed E-state index contributed by atoms with van der Waals surface area (Å²) in [5, 5.41) is 20.0. The Bertz CT molecular complexity index is 762. The molecular weight excluding hydrogens is 330 g/mol. The van der Waals surface area contributed by atoms with Crippen LogP contribution in [-0.4, -0.2) is 21.1 Å². The van der Waals surface area contributed by atoms with E-state index in [9.17, 15) is 13.9 Å². The second kappa shape index (κ2) is 6.55. The van der Waals surface area contributed by atoms with Crippen LogP contribution in [0.2, 0.25) is 0 Å². The summed E-state index contributed by atoms with van der Waals surface area (Å²) in [4.78, 5) is 0.862. The van der Waals surface area contributed by atoms with Crippen molar-refractivity contribution in [3.63, 3.8) is 0 Å². The van der Waals surface area contributed by atoms with E-state index in [0.29, 0.717) is 16.7 Å². The number of nitrogens with zero attached hydrogens (tertiary/aromatic N) is 2. The van der Waals surface area contributed by atoms with Crippen molar-refractivity contribution < 1.29 is 18.3 Å². The molecule has 2 heterocycles. The standard InChI is InChI=1S/C14H10F2N2O2S2/c15-9-4-3-8(6-10(9)16)11(19)7-22-14-18-17-13(20-14)12-2-1-5-21-12/h1-6,11,19H,7H2. The van der Waals surface area contributed by atoms with E-state index in [0.717, 1.165) is 28.8 Å². The second-order valence-corrected chi connectivity index (χ2v) is 6.27. The Morgan fingerprint density at radius 3 is 2.82 bits per heavy atom. The summed E-state index contributed by atoms with van der Waals surface area (Å²) in [6.07, 6.45) is -0.961. The normalized spacial score (nSPS) is 12.5. The minimum atomic E-state index is -0.987. The first kappa shape index (κ1) is 15.1. The highest BCUT2D eigenvalue weighted by Gasteiger charge is 2.15. The molecule has 4 nitrogen and oxygen atoms in total. The molecule has 0 amide bonds. The number of rotatable bonds is 5. The smallest absolute Gasteiger partial charge is 0.276 e. The number of aliphatic hydroxyl groups is 1. The SMILES string of the molecule is OC(CSc1nnc(-c2cccs2)o1)c1ccc(F)c(F)c1. The highest BCUT2D eigenvalue weighted by molar-refractivity contribution is 7.99. The van der Waals surface area contributed by atoms with Crippen LogP contribution in [0, 0.1) is 11.6 Å². The average molecular weight is 340 g/mol. The van der Waals surface area contributed by atoms with Crippen molar-refractivity contribution in [1.29, 1.82) is 0 Å². The molecule has 1 unspecified atom stereocenters. The zero-order valence-corrected chi connectivity index (χ0v) is 12.7. The molecule has 0 fully saturated rings. The van der Waals surface area contributed by atoms with E-state index in [1.54, 1.807) is 0 Å². The Morgan fingerprint density at radius 2 is 2.09 bits per heavy atom. The van der Waals surface area contributed by atoms with Gasteiger partial charge in [0.25, 0.3) is 11.1 Å². The Labute approximate surface area is 132 Å². The first-order valence-corrected chi connectivity index (χ1v) is 8.13. The quantitative estimate of drug-likeness (QED) is 0.714. The number of thioether (sulfide) groups is 1. The lowest BCUT2D eigenvalue weighted by molar-refractivity contribution is 0.203. The minimum Gasteiger partial charge on any atom is -0.410 e. The van der Waals surface area contributed by atoms with Crippen LogP contribution in [0.3, 0.4) is 0 Å². The fourth-order valence-corrected chi connectivity index (χ4v) is 3.11. The first-order chi connectivity index (χ1) is 10.6. The Morgan fingerprint density at radius 1 is 1.23 bits per heavy atom. The van der Waals surface area contributed by atoms with Crippen molar-refractivity contribution in [2.75, 3.05) is 5.75 Å². The molecule has 0 radical (unpaired) electrons. The van der Waals surface area contributed by atoms with E-state index >= 15 is 0 Å². The van der Waals surface area contributed by atoms with Crippen LogP contribution in [0.25, 0.3) is 10.8 Å². The Balaban J connectivity index is 1.63. The van der Waals surface area contributed by atoms with E-state index in [-0.39, 0.29) is 5.75 Å². The number of thiophene rings is 1. The van der Waals surface area contributed by atoms with Crippen molar-refractivity contribution in [2.24, 2.45) is 0 Å². The highest BCUT2D eigenvalue weighted by Crippen LogP contribution is 2.29. The number of aliphatic hydroxyl groups excluding tert-OH is 1. The number of aromatic nitrogens is 2. The zero-order valence-electron chi connectivity index (χ0n) is 11.1. The van der Waals surface area contributed by atoms with Gasteiger partial charge in [0.15, 0.2) is 11.6 Å². The molecular formula is C14H10F2N2O2S2. The van der Waals surface area contributed by atoms with Gasteiger partial charge in [0, 0.05) is 5.75 Å². The van der Waals surface area contributed by atoms with Crippen LogP contribution >= 0.6 is 23.1 Å². The summed E-state index contributed by atoms with van der Waals surface area (Å²) >= 11 is 2.63. The summed E-state index contributed by atoms with van der Waals surface area (Å²) in [6.45, 7) is 0. The maximum absolute atomic E-state index is 13.1. The molecule has 8 heteroatoms. The van der Waals surface area contributed by atoms with Crippen molar-refractivity contribution in [2.45, 2.75) is 11.3 Å². The van der Waals surface area contributed by atoms with Gasteiger partial charge < -0.3 is 9.52 Å². The van der Waals surface area contributed by atoms with Gasteiger partial charge in [-0.25, -0.2) is 8.78 Å². The molecule has 1 N–H and O–H groups in total. The fourth-order valence-electron chi connectivity index (χ4n) is 1.73. The molecule has 0 saturated carbocycles. The average Bonchev–Trinajstić information content (AvgIpc) is 3.18. The topological polar surface area (TPSA) is 59.2 Å². The van der Waals surface area contributed by atoms with Gasteiger partial charge in [0.1, 0.15) is 0 Å². The molecule has 0 aliphatic rings. The molecule has 3 aromatic rings. The predicted octanol–water partition coefficient (Wildman–Crippen LogP) is 3.90. The van der Waals surface area contributed by atoms with E-state index in [1.165, 1.54) is 17.4 Å². The number of halogens is 2. The van der Waals surface area contributed by atoms with Crippen molar-refractivity contribution in [3.05, 3.63) is 52.9 Å². The molecule has 0 bridgehead atoms. The van der Waals surface area contributed by atoms with E-state index < -0.39 is 17.7 Å². The van der Waals surface area contributed by atoms with Crippen LogP contribution in [0.5, 0.6) is 0 Å². The highest BCUT2D eigenvalue weighted by atomic mass is 32.2. The van der Waals surface area contributed by atoms with Crippen LogP contribution in [-0.2, 0) is 0 Å². The van der Waals surface area contributed by atoms with Crippen molar-refractivity contribution in [1.82, 2.24) is 10.2 Å². The monoisotopic (exact) mass is 340 g/mol. The molecule has 0 spiro atoms. The molecule has 114 valence electrons. The van der Waals surface area contributed by atoms with E-state index in [4.69, 9.17) is 4.42 Å². The van der Waals surface area contributed by atoms with Crippen LogP contribution in [0.4, 0.5) is 8.78 Å². The Kier molecular flexibility index (Phi) is 4.51. The first-order valence-electron chi connectivity index (χ1n) is 6.26. The lowest BCUT2D eigenvalue weighted by Crippen LogP contribution is -2.02. The lowest BCUT2D eigenvalue weighted by atomic mass is 10.1. The third kappa shape index (κ3) is 3.34. The molecule has 1 aromatic carbocycles. The van der Waals surface area contributed by atoms with Gasteiger partial charge in [-0.2, -0.15) is 0 Å². The third-order valence-electron chi connectivity index (χ3n) is 2.83. The molecule has 3 rings (SSSR count). The largest absolute Gasteiger partial charge is 0.410 e. The van der Waals surface area contributed by atoms with Gasteiger partial charge in [-0.15, -0.1) is 21.5 Å². The van der Waals surface area contributed by atoms with Gasteiger partial charge in [-0.05, 0) is 29.1 Å². The van der Waals surface area contributed by atoms with Gasteiger partial charge in [0.2, 0.25) is 0 Å². The predicted molar refractivity (Wildman–Crippen MR) is 79.7 cm³/mol. The van der Waals surface area contributed by atoms with E-state index in [2.05, 4.69) is 10.2 Å². The van der Waals surface area contributed by atoms with Crippen LogP contribution < -0.4 is 0 Å². The summed E-state index contributed by atoms with van der Waals surface area (Å²) in [5.74, 6) is -1.32. The lowest BCUT2D eigenvalue weighted by Gasteiger charge is -2.09. The third-order valence-corrected chi connectivity index (χ3v) is 4.58. The number of benzene rings is 1. The maximum Gasteiger partial charge on any atom is 0.276 e. The van der Waals surface area contributed by atoms with Crippen molar-refractivity contribution in [3.8, 4) is 10.8 Å². The minimum absolute atomic E-state index is 0.192. The molecule has 0 aliphatic heterocycles. The van der Waals surface area contributed by atoms with Gasteiger partial charge in [-0.1, -0.05) is 23.9 Å². The van der Waals surface area contributed by atoms with Crippen LogP contribution in [0.15, 0.2) is 45.4 Å². The molecule has 0 aliphatic carbocycles. The molecule has 1 atom stereocenters. The fraction of sp³-hybridized carbons (Fsp3) is 0.143. The molecule has 2 aromatic heterocycles. The van der Waals surface area contributed by atoms with Gasteiger partial charge in [0.05, 0.1) is 11.0 Å². The summed E-state index contributed by atoms with van der Waals surface area (Å²) in [5.41, 5.74) is 0.296. The van der Waals surface area contributed by atoms with Gasteiger partial charge in [-0.3, -0.25) is 0 Å². The molecule has 0 saturated heterocycles. The van der Waals surface area contributed by atoms with Gasteiger partial charge >= 0.3 is 0 Å². The number of hydrogen-bond donors (Lipinski definition) is 1. The summed E-state index contributed by atoms with van der Waals surface area (Å²) in [7, 11) is 0.